The van der Waals surface area contributed by atoms with Crippen LogP contribution in [0.25, 0.3) is 16.3 Å². The molecule has 3 rings (SSSR count). The van der Waals surface area contributed by atoms with Crippen LogP contribution in [-0.4, -0.2) is 25.4 Å². The highest BCUT2D eigenvalue weighted by Crippen LogP contribution is 2.28. The van der Waals surface area contributed by atoms with Crippen LogP contribution in [0.1, 0.15) is 28.4 Å². The van der Waals surface area contributed by atoms with Crippen molar-refractivity contribution in [2.24, 2.45) is 0 Å². The number of aromatic nitrogens is 3. The van der Waals surface area contributed by atoms with Gasteiger partial charge in [0.15, 0.2) is 4.96 Å². The minimum absolute atomic E-state index is 0.198. The molecule has 0 fully saturated rings. The summed E-state index contributed by atoms with van der Waals surface area (Å²) in [6.45, 7) is 4.05. The summed E-state index contributed by atoms with van der Waals surface area (Å²) in [5, 5.41) is 11.8. The van der Waals surface area contributed by atoms with Gasteiger partial charge >= 0.3 is 5.97 Å². The molecule has 0 saturated heterocycles. The molecular weight excluding hydrogens is 306 g/mol. The molecular formula is C14H15N3O2S2. The van der Waals surface area contributed by atoms with Gasteiger partial charge < -0.3 is 5.11 Å². The smallest absolute Gasteiger partial charge is 0.303 e. The molecule has 21 heavy (non-hydrogen) atoms. The van der Waals surface area contributed by atoms with Crippen LogP contribution in [-0.2, 0) is 11.2 Å². The Kier molecular flexibility index (Phi) is 3.77. The molecule has 0 radical (unpaired) electrons. The first-order valence-corrected chi connectivity index (χ1v) is 8.36. The van der Waals surface area contributed by atoms with E-state index in [1.54, 1.807) is 22.7 Å². The molecule has 1 N–H and O–H groups in total. The first-order valence-electron chi connectivity index (χ1n) is 6.66. The van der Waals surface area contributed by atoms with Gasteiger partial charge in [0.1, 0.15) is 11.4 Å². The Balaban J connectivity index is 1.89. The third-order valence-corrected chi connectivity index (χ3v) is 5.03. The van der Waals surface area contributed by atoms with Crippen LogP contribution in [0.2, 0.25) is 0 Å². The number of carboxylic acid groups (broad SMARTS) is 1. The number of hydrogen-bond donors (Lipinski definition) is 1. The molecule has 0 unspecified atom stereocenters. The summed E-state index contributed by atoms with van der Waals surface area (Å²) in [7, 11) is 0. The number of rotatable bonds is 5. The van der Waals surface area contributed by atoms with Crippen molar-refractivity contribution in [3.63, 3.8) is 0 Å². The van der Waals surface area contributed by atoms with Gasteiger partial charge in [-0.25, -0.2) is 9.97 Å². The number of thiazole rings is 2. The molecule has 110 valence electrons. The number of aryl methyl sites for hydroxylation is 3. The molecule has 3 aromatic heterocycles. The fourth-order valence-electron chi connectivity index (χ4n) is 2.31. The first kappa shape index (κ1) is 14.2. The molecule has 0 aliphatic carbocycles. The predicted octanol–water partition coefficient (Wildman–Crippen LogP) is 3.54. The number of nitrogens with zero attached hydrogens (tertiary/aromatic N) is 3. The molecule has 5 nitrogen and oxygen atoms in total. The predicted molar refractivity (Wildman–Crippen MR) is 84.2 cm³/mol. The van der Waals surface area contributed by atoms with E-state index in [2.05, 4.69) is 21.3 Å². The van der Waals surface area contributed by atoms with Crippen LogP contribution < -0.4 is 0 Å². The number of aliphatic carboxylic acids is 1. The maximum atomic E-state index is 10.6. The third kappa shape index (κ3) is 2.84. The van der Waals surface area contributed by atoms with Crippen LogP contribution in [0.4, 0.5) is 0 Å². The summed E-state index contributed by atoms with van der Waals surface area (Å²) in [5.41, 5.74) is 2.95. The lowest BCUT2D eigenvalue weighted by Gasteiger charge is -1.97. The SMILES string of the molecule is Cc1nc(-c2cn3c(CCCC(=O)O)csc3n2)c(C)s1. The normalized spacial score (nSPS) is 11.3. The van der Waals surface area contributed by atoms with E-state index in [0.29, 0.717) is 6.42 Å². The minimum atomic E-state index is -0.749. The van der Waals surface area contributed by atoms with E-state index in [-0.39, 0.29) is 6.42 Å². The lowest BCUT2D eigenvalue weighted by molar-refractivity contribution is -0.137. The number of carbonyl (C=O) groups is 1. The number of fused-ring (bicyclic) bond motifs is 1. The molecule has 3 aromatic rings. The van der Waals surface area contributed by atoms with Gasteiger partial charge in [0.2, 0.25) is 0 Å². The Hall–Kier alpha value is -1.73. The Morgan fingerprint density at radius 2 is 2.19 bits per heavy atom. The minimum Gasteiger partial charge on any atom is -0.481 e. The van der Waals surface area contributed by atoms with Gasteiger partial charge in [-0.05, 0) is 26.7 Å². The van der Waals surface area contributed by atoms with E-state index in [0.717, 1.165) is 33.5 Å². The fourth-order valence-corrected chi connectivity index (χ4v) is 4.04. The number of imidazole rings is 1. The topological polar surface area (TPSA) is 67.5 Å². The van der Waals surface area contributed by atoms with Gasteiger partial charge in [-0.3, -0.25) is 9.20 Å². The Morgan fingerprint density at radius 3 is 2.86 bits per heavy atom. The summed E-state index contributed by atoms with van der Waals surface area (Å²) in [4.78, 5) is 21.9. The van der Waals surface area contributed by atoms with E-state index in [9.17, 15) is 4.79 Å². The van der Waals surface area contributed by atoms with Gasteiger partial charge in [0.05, 0.1) is 5.01 Å². The van der Waals surface area contributed by atoms with Crippen LogP contribution in [0, 0.1) is 13.8 Å². The first-order chi connectivity index (χ1) is 10.0. The van der Waals surface area contributed by atoms with E-state index in [1.807, 2.05) is 18.5 Å². The molecule has 0 atom stereocenters. The quantitative estimate of drug-likeness (QED) is 0.780. The maximum Gasteiger partial charge on any atom is 0.303 e. The van der Waals surface area contributed by atoms with Crippen molar-refractivity contribution in [1.29, 1.82) is 0 Å². The molecule has 3 heterocycles. The summed E-state index contributed by atoms with van der Waals surface area (Å²) in [6.07, 6.45) is 3.59. The third-order valence-electron chi connectivity index (χ3n) is 3.25. The van der Waals surface area contributed by atoms with Gasteiger partial charge in [0.25, 0.3) is 0 Å². The molecule has 0 aliphatic heterocycles. The zero-order valence-electron chi connectivity index (χ0n) is 11.8. The van der Waals surface area contributed by atoms with Gasteiger partial charge in [0, 0.05) is 28.6 Å². The van der Waals surface area contributed by atoms with E-state index < -0.39 is 5.97 Å². The molecule has 0 aromatic carbocycles. The van der Waals surface area contributed by atoms with E-state index >= 15 is 0 Å². The molecule has 0 bridgehead atoms. The molecule has 7 heteroatoms. The average molecular weight is 321 g/mol. The highest BCUT2D eigenvalue weighted by molar-refractivity contribution is 7.15. The van der Waals surface area contributed by atoms with Gasteiger partial charge in [-0.15, -0.1) is 22.7 Å². The lowest BCUT2D eigenvalue weighted by Crippen LogP contribution is -1.97. The summed E-state index contributed by atoms with van der Waals surface area (Å²) in [6, 6.07) is 0. The summed E-state index contributed by atoms with van der Waals surface area (Å²) >= 11 is 3.26. The van der Waals surface area contributed by atoms with Crippen molar-refractivity contribution in [2.75, 3.05) is 0 Å². The summed E-state index contributed by atoms with van der Waals surface area (Å²) < 4.78 is 2.05. The Morgan fingerprint density at radius 1 is 1.38 bits per heavy atom. The van der Waals surface area contributed by atoms with E-state index in [1.165, 1.54) is 4.88 Å². The highest BCUT2D eigenvalue weighted by atomic mass is 32.1. The second-order valence-electron chi connectivity index (χ2n) is 4.89. The van der Waals surface area contributed by atoms with Gasteiger partial charge in [-0.2, -0.15) is 0 Å². The second-order valence-corrected chi connectivity index (χ2v) is 7.13. The highest BCUT2D eigenvalue weighted by Gasteiger charge is 2.14. The van der Waals surface area contributed by atoms with E-state index in [4.69, 9.17) is 5.11 Å². The van der Waals surface area contributed by atoms with Crippen LogP contribution >= 0.6 is 22.7 Å². The molecule has 0 saturated carbocycles. The Labute approximate surface area is 129 Å². The van der Waals surface area contributed by atoms with Crippen LogP contribution in [0.3, 0.4) is 0 Å². The Bertz CT molecular complexity index is 800. The molecule has 0 aliphatic rings. The van der Waals surface area contributed by atoms with Crippen LogP contribution in [0.5, 0.6) is 0 Å². The fraction of sp³-hybridized carbons (Fsp3) is 0.357. The van der Waals surface area contributed by atoms with Crippen molar-refractivity contribution >= 4 is 33.6 Å². The standard InChI is InChI=1S/C14H15N3O2S2/c1-8-13(15-9(2)21-8)11-6-17-10(4-3-5-12(18)19)7-20-14(17)16-11/h6-7H,3-5H2,1-2H3,(H,18,19). The number of carboxylic acids is 1. The largest absolute Gasteiger partial charge is 0.481 e. The van der Waals surface area contributed by atoms with Crippen molar-refractivity contribution in [3.05, 3.63) is 27.2 Å². The number of hydrogen-bond acceptors (Lipinski definition) is 5. The zero-order chi connectivity index (χ0) is 15.0. The van der Waals surface area contributed by atoms with Crippen molar-refractivity contribution in [1.82, 2.24) is 14.4 Å². The van der Waals surface area contributed by atoms with Crippen molar-refractivity contribution < 1.29 is 9.90 Å². The second kappa shape index (κ2) is 5.57. The molecule has 0 amide bonds. The summed E-state index contributed by atoms with van der Waals surface area (Å²) in [5.74, 6) is -0.749. The van der Waals surface area contributed by atoms with Crippen LogP contribution in [0.15, 0.2) is 11.6 Å². The van der Waals surface area contributed by atoms with Crippen molar-refractivity contribution in [2.45, 2.75) is 33.1 Å². The average Bonchev–Trinajstić information content (AvgIpc) is 3.04. The lowest BCUT2D eigenvalue weighted by atomic mass is 10.2. The van der Waals surface area contributed by atoms with Gasteiger partial charge in [-0.1, -0.05) is 0 Å². The molecule has 0 spiro atoms. The maximum absolute atomic E-state index is 10.6. The zero-order valence-corrected chi connectivity index (χ0v) is 13.4. The van der Waals surface area contributed by atoms with Crippen molar-refractivity contribution in [3.8, 4) is 11.4 Å². The monoisotopic (exact) mass is 321 g/mol.